The first kappa shape index (κ1) is 13.9. The van der Waals surface area contributed by atoms with Crippen LogP contribution in [0.3, 0.4) is 0 Å². The molecule has 100 valence electrons. The summed E-state index contributed by atoms with van der Waals surface area (Å²) in [6.07, 6.45) is -12.5. The number of carbonyl (C=O) groups excluding carboxylic acids is 1. The molecule has 10 heteroatoms. The Labute approximate surface area is 90.4 Å². The lowest BCUT2D eigenvalue weighted by atomic mass is 10.3. The molecule has 1 saturated heterocycles. The molecule has 1 unspecified atom stereocenters. The maximum atomic E-state index is 12.6. The molecule has 4 nitrogen and oxygen atoms in total. The van der Waals surface area contributed by atoms with E-state index in [4.69, 9.17) is 0 Å². The summed E-state index contributed by atoms with van der Waals surface area (Å²) in [4.78, 5) is 10.3. The Bertz CT molecular complexity index is 294. The summed E-state index contributed by atoms with van der Waals surface area (Å²) >= 11 is 0. The lowest BCUT2D eigenvalue weighted by molar-refractivity contribution is -0.376. The van der Waals surface area contributed by atoms with Gasteiger partial charge < -0.3 is 14.2 Å². The molecule has 0 aromatic carbocycles. The van der Waals surface area contributed by atoms with Crippen LogP contribution >= 0.6 is 0 Å². The third-order valence-corrected chi connectivity index (χ3v) is 1.76. The normalized spacial score (nSPS) is 21.6. The smallest absolute Gasteiger partial charge is 0.430 e. The zero-order valence-corrected chi connectivity index (χ0v) is 7.97. The van der Waals surface area contributed by atoms with Crippen LogP contribution in [0.25, 0.3) is 0 Å². The van der Waals surface area contributed by atoms with E-state index in [1.807, 2.05) is 0 Å². The molecule has 1 aliphatic heterocycles. The van der Waals surface area contributed by atoms with E-state index in [0.29, 0.717) is 0 Å². The first-order valence-corrected chi connectivity index (χ1v) is 4.18. The Balaban J connectivity index is 2.52. The van der Waals surface area contributed by atoms with Crippen molar-refractivity contribution >= 4 is 6.16 Å². The van der Waals surface area contributed by atoms with Gasteiger partial charge in [0.1, 0.15) is 6.61 Å². The van der Waals surface area contributed by atoms with E-state index in [9.17, 15) is 31.1 Å². The standard InChI is InChI=1S/C7H6F6O4/c8-4(9)6(10,11)7(12,13)16-2-3-1-15-5(14)17-3/h3-4H,1-2H2. The van der Waals surface area contributed by atoms with E-state index in [0.717, 1.165) is 0 Å². The van der Waals surface area contributed by atoms with Crippen molar-refractivity contribution in [2.75, 3.05) is 13.2 Å². The first-order chi connectivity index (χ1) is 7.67. The van der Waals surface area contributed by atoms with Crippen LogP contribution in [0.1, 0.15) is 0 Å². The molecule has 0 N–H and O–H groups in total. The molecule has 0 saturated carbocycles. The largest absolute Gasteiger partial charge is 0.508 e. The van der Waals surface area contributed by atoms with E-state index >= 15 is 0 Å². The molecule has 0 spiro atoms. The number of hydrogen-bond donors (Lipinski definition) is 0. The Morgan fingerprint density at radius 2 is 1.94 bits per heavy atom. The third kappa shape index (κ3) is 2.93. The van der Waals surface area contributed by atoms with Crippen molar-refractivity contribution < 1.29 is 45.3 Å². The molecular formula is C7H6F6O4. The van der Waals surface area contributed by atoms with Gasteiger partial charge in [0.05, 0.1) is 6.61 Å². The first-order valence-electron chi connectivity index (χ1n) is 4.18. The molecule has 0 amide bonds. The fourth-order valence-electron chi connectivity index (χ4n) is 0.868. The SMILES string of the molecule is O=C1OCC(COC(F)(F)C(F)(F)C(F)F)O1. The second-order valence-corrected chi connectivity index (χ2v) is 3.05. The summed E-state index contributed by atoms with van der Waals surface area (Å²) in [6.45, 7) is -1.66. The zero-order valence-electron chi connectivity index (χ0n) is 7.97. The quantitative estimate of drug-likeness (QED) is 0.565. The molecular weight excluding hydrogens is 262 g/mol. The number of alkyl halides is 6. The average Bonchev–Trinajstić information content (AvgIpc) is 2.61. The van der Waals surface area contributed by atoms with Gasteiger partial charge in [0, 0.05) is 0 Å². The predicted octanol–water partition coefficient (Wildman–Crippen LogP) is 2.03. The number of cyclic esters (lactones) is 2. The van der Waals surface area contributed by atoms with Crippen LogP contribution in [0.5, 0.6) is 0 Å². The van der Waals surface area contributed by atoms with Gasteiger partial charge in [-0.3, -0.25) is 0 Å². The van der Waals surface area contributed by atoms with Crippen molar-refractivity contribution in [1.82, 2.24) is 0 Å². The van der Waals surface area contributed by atoms with Gasteiger partial charge in [-0.15, -0.1) is 0 Å². The maximum Gasteiger partial charge on any atom is 0.508 e. The molecule has 0 aromatic rings. The molecule has 0 aliphatic carbocycles. The van der Waals surface area contributed by atoms with Gasteiger partial charge in [0.15, 0.2) is 6.10 Å². The zero-order chi connectivity index (χ0) is 13.3. The highest BCUT2D eigenvalue weighted by Gasteiger charge is 2.64. The number of rotatable bonds is 5. The Morgan fingerprint density at radius 1 is 1.35 bits per heavy atom. The van der Waals surface area contributed by atoms with E-state index in [-0.39, 0.29) is 0 Å². The van der Waals surface area contributed by atoms with Crippen LogP contribution in [0.4, 0.5) is 31.1 Å². The Kier molecular flexibility index (Phi) is 3.74. The number of hydrogen-bond acceptors (Lipinski definition) is 4. The molecule has 1 rings (SSSR count). The van der Waals surface area contributed by atoms with Crippen LogP contribution in [0.15, 0.2) is 0 Å². The van der Waals surface area contributed by atoms with E-state index < -0.39 is 43.9 Å². The number of carbonyl (C=O) groups is 1. The summed E-state index contributed by atoms with van der Waals surface area (Å²) in [6, 6.07) is 0. The van der Waals surface area contributed by atoms with E-state index in [1.54, 1.807) is 0 Å². The van der Waals surface area contributed by atoms with Gasteiger partial charge in [-0.25, -0.2) is 13.6 Å². The lowest BCUT2D eigenvalue weighted by Gasteiger charge is -2.25. The van der Waals surface area contributed by atoms with Crippen LogP contribution in [0, 0.1) is 0 Å². The van der Waals surface area contributed by atoms with E-state index in [1.165, 1.54) is 0 Å². The molecule has 1 aliphatic rings. The summed E-state index contributed by atoms with van der Waals surface area (Å²) in [5, 5.41) is 0. The summed E-state index contributed by atoms with van der Waals surface area (Å²) in [5.74, 6) is -5.63. The minimum absolute atomic E-state index is 0.477. The van der Waals surface area contributed by atoms with E-state index in [2.05, 4.69) is 14.2 Å². The molecule has 1 fully saturated rings. The maximum absolute atomic E-state index is 12.6. The predicted molar refractivity (Wildman–Crippen MR) is 38.1 cm³/mol. The fraction of sp³-hybridized carbons (Fsp3) is 0.857. The molecule has 0 aromatic heterocycles. The Hall–Kier alpha value is -1.19. The fourth-order valence-corrected chi connectivity index (χ4v) is 0.868. The van der Waals surface area contributed by atoms with Crippen molar-refractivity contribution in [3.8, 4) is 0 Å². The average molecular weight is 268 g/mol. The van der Waals surface area contributed by atoms with Gasteiger partial charge in [-0.1, -0.05) is 0 Å². The highest BCUT2D eigenvalue weighted by atomic mass is 19.3. The van der Waals surface area contributed by atoms with Crippen molar-refractivity contribution in [1.29, 1.82) is 0 Å². The number of halogens is 6. The van der Waals surface area contributed by atoms with Gasteiger partial charge in [0.25, 0.3) is 0 Å². The third-order valence-electron chi connectivity index (χ3n) is 1.76. The molecule has 17 heavy (non-hydrogen) atoms. The van der Waals surface area contributed by atoms with Crippen molar-refractivity contribution in [2.45, 2.75) is 24.6 Å². The minimum Gasteiger partial charge on any atom is -0.430 e. The summed E-state index contributed by atoms with van der Waals surface area (Å²) < 4.78 is 84.7. The van der Waals surface area contributed by atoms with Crippen LogP contribution in [0.2, 0.25) is 0 Å². The van der Waals surface area contributed by atoms with Crippen LogP contribution < -0.4 is 0 Å². The van der Waals surface area contributed by atoms with Crippen molar-refractivity contribution in [2.24, 2.45) is 0 Å². The summed E-state index contributed by atoms with van der Waals surface area (Å²) in [7, 11) is 0. The second kappa shape index (κ2) is 4.59. The van der Waals surface area contributed by atoms with Gasteiger partial charge >= 0.3 is 24.6 Å². The summed E-state index contributed by atoms with van der Waals surface area (Å²) in [5.41, 5.74) is 0. The minimum atomic E-state index is -5.63. The lowest BCUT2D eigenvalue weighted by Crippen LogP contribution is -2.49. The van der Waals surface area contributed by atoms with Gasteiger partial charge in [0.2, 0.25) is 0 Å². The highest BCUT2D eigenvalue weighted by molar-refractivity contribution is 5.61. The van der Waals surface area contributed by atoms with Crippen LogP contribution in [-0.4, -0.2) is 43.9 Å². The molecule has 0 bridgehead atoms. The monoisotopic (exact) mass is 268 g/mol. The van der Waals surface area contributed by atoms with Crippen molar-refractivity contribution in [3.05, 3.63) is 0 Å². The Morgan fingerprint density at radius 3 is 2.35 bits per heavy atom. The molecule has 0 radical (unpaired) electrons. The number of ether oxygens (including phenoxy) is 3. The topological polar surface area (TPSA) is 44.8 Å². The second-order valence-electron chi connectivity index (χ2n) is 3.05. The van der Waals surface area contributed by atoms with Gasteiger partial charge in [-0.2, -0.15) is 17.6 Å². The highest BCUT2D eigenvalue weighted by Crippen LogP contribution is 2.40. The van der Waals surface area contributed by atoms with Gasteiger partial charge in [-0.05, 0) is 0 Å². The molecule has 1 heterocycles. The van der Waals surface area contributed by atoms with Crippen molar-refractivity contribution in [3.63, 3.8) is 0 Å². The van der Waals surface area contributed by atoms with Crippen LogP contribution in [-0.2, 0) is 14.2 Å². The molecule has 1 atom stereocenters.